The van der Waals surface area contributed by atoms with Gasteiger partial charge in [-0.1, -0.05) is 23.7 Å². The molecule has 9 nitrogen and oxygen atoms in total. The third kappa shape index (κ3) is 4.30. The van der Waals surface area contributed by atoms with Crippen molar-refractivity contribution in [2.45, 2.75) is 43.8 Å². The number of halogens is 2. The predicted octanol–water partition coefficient (Wildman–Crippen LogP) is 4.24. The zero-order chi connectivity index (χ0) is 26.4. The molecular formula is C26H27Cl2N5O4. The van der Waals surface area contributed by atoms with Crippen molar-refractivity contribution < 1.29 is 19.1 Å². The van der Waals surface area contributed by atoms with Crippen LogP contribution in [0.5, 0.6) is 11.9 Å². The van der Waals surface area contributed by atoms with Gasteiger partial charge in [-0.15, -0.1) is 11.6 Å². The van der Waals surface area contributed by atoms with E-state index in [2.05, 4.69) is 33.7 Å². The molecule has 2 amide bonds. The van der Waals surface area contributed by atoms with E-state index in [1.807, 2.05) is 35.2 Å². The summed E-state index contributed by atoms with van der Waals surface area (Å²) in [5.41, 5.74) is 3.73. The van der Waals surface area contributed by atoms with E-state index in [1.165, 1.54) is 14.2 Å². The van der Waals surface area contributed by atoms with Gasteiger partial charge in [0.1, 0.15) is 5.38 Å². The molecule has 3 atom stereocenters. The fourth-order valence-corrected chi connectivity index (χ4v) is 5.64. The zero-order valence-corrected chi connectivity index (χ0v) is 22.4. The molecule has 2 aliphatic rings. The van der Waals surface area contributed by atoms with Gasteiger partial charge in [-0.2, -0.15) is 4.98 Å². The van der Waals surface area contributed by atoms with E-state index < -0.39 is 11.4 Å². The molecule has 1 N–H and O–H groups in total. The lowest BCUT2D eigenvalue weighted by Crippen LogP contribution is -2.53. The Morgan fingerprint density at radius 2 is 1.84 bits per heavy atom. The monoisotopic (exact) mass is 543 g/mol. The van der Waals surface area contributed by atoms with Gasteiger partial charge in [-0.05, 0) is 44.0 Å². The van der Waals surface area contributed by atoms with Crippen molar-refractivity contribution in [2.75, 3.05) is 20.8 Å². The number of ether oxygens (including phenoxy) is 2. The van der Waals surface area contributed by atoms with E-state index in [0.717, 1.165) is 17.0 Å². The molecule has 2 aromatic heterocycles. The summed E-state index contributed by atoms with van der Waals surface area (Å²) >= 11 is 12.5. The van der Waals surface area contributed by atoms with Crippen LogP contribution in [0.15, 0.2) is 36.5 Å². The number of rotatable bonds is 6. The fourth-order valence-electron chi connectivity index (χ4n) is 5.23. The number of amides is 2. The number of methoxy groups -OCH3 is 2. The Kier molecular flexibility index (Phi) is 6.76. The second-order valence-electron chi connectivity index (χ2n) is 9.34. The number of alkyl halides is 1. The largest absolute Gasteiger partial charge is 0.480 e. The lowest BCUT2D eigenvalue weighted by molar-refractivity contribution is -0.122. The van der Waals surface area contributed by atoms with Crippen LogP contribution in [0, 0.1) is 0 Å². The molecule has 1 fully saturated rings. The van der Waals surface area contributed by atoms with Crippen molar-refractivity contribution in [3.63, 3.8) is 0 Å². The minimum atomic E-state index is -0.708. The minimum absolute atomic E-state index is 0.0139. The Labute approximate surface area is 224 Å². The van der Waals surface area contributed by atoms with Crippen molar-refractivity contribution in [2.24, 2.45) is 0 Å². The summed E-state index contributed by atoms with van der Waals surface area (Å²) in [6.07, 6.45) is 2.00. The number of nitrogens with one attached hydrogen (secondary N) is 1. The molecule has 0 saturated carbocycles. The summed E-state index contributed by atoms with van der Waals surface area (Å²) in [7, 11) is 3.02. The fraction of sp³-hybridized carbons (Fsp3) is 0.385. The summed E-state index contributed by atoms with van der Waals surface area (Å²) in [6.45, 7) is 4.45. The van der Waals surface area contributed by atoms with Gasteiger partial charge in [-0.3, -0.25) is 9.59 Å². The van der Waals surface area contributed by atoms with Crippen LogP contribution in [0.4, 0.5) is 0 Å². The van der Waals surface area contributed by atoms with Crippen molar-refractivity contribution in [1.29, 1.82) is 0 Å². The Morgan fingerprint density at radius 3 is 2.46 bits per heavy atom. The number of benzene rings is 1. The summed E-state index contributed by atoms with van der Waals surface area (Å²) in [4.78, 5) is 36.6. The van der Waals surface area contributed by atoms with E-state index in [9.17, 15) is 9.59 Å². The number of aromatic nitrogens is 3. The number of fused-ring (bicyclic) bond motifs is 1. The lowest BCUT2D eigenvalue weighted by atomic mass is 9.99. The van der Waals surface area contributed by atoms with E-state index in [0.29, 0.717) is 35.0 Å². The van der Waals surface area contributed by atoms with E-state index >= 15 is 0 Å². The molecule has 2 aliphatic heterocycles. The molecule has 5 rings (SSSR count). The lowest BCUT2D eigenvalue weighted by Gasteiger charge is -2.38. The molecule has 0 spiro atoms. The SMILES string of the molecule is COc1ncc(-c2cc3c(n2C(C)C)C(c2ccc(Cl)cc2)N(C2CNC(=O)C(Cl)C2)C3=O)c(OC)n1. The van der Waals surface area contributed by atoms with Crippen LogP contribution >= 0.6 is 23.2 Å². The Morgan fingerprint density at radius 1 is 1.11 bits per heavy atom. The zero-order valence-electron chi connectivity index (χ0n) is 20.9. The maximum atomic E-state index is 14.1. The summed E-state index contributed by atoms with van der Waals surface area (Å²) < 4.78 is 12.8. The Hall–Kier alpha value is -3.30. The number of hydrogen-bond acceptors (Lipinski definition) is 6. The van der Waals surface area contributed by atoms with Gasteiger partial charge in [0.2, 0.25) is 11.8 Å². The van der Waals surface area contributed by atoms with Crippen molar-refractivity contribution in [3.8, 4) is 23.1 Å². The quantitative estimate of drug-likeness (QED) is 0.467. The van der Waals surface area contributed by atoms with Crippen molar-refractivity contribution in [1.82, 2.24) is 24.8 Å². The smallest absolute Gasteiger partial charge is 0.319 e. The second kappa shape index (κ2) is 9.87. The van der Waals surface area contributed by atoms with E-state index in [1.54, 1.807) is 6.20 Å². The van der Waals surface area contributed by atoms with E-state index in [4.69, 9.17) is 32.7 Å². The van der Waals surface area contributed by atoms with Crippen LogP contribution in [-0.4, -0.2) is 63.4 Å². The highest BCUT2D eigenvalue weighted by molar-refractivity contribution is 6.31. The van der Waals surface area contributed by atoms with Crippen LogP contribution in [0.1, 0.15) is 54.0 Å². The molecule has 0 bridgehead atoms. The highest BCUT2D eigenvalue weighted by atomic mass is 35.5. The molecule has 194 valence electrons. The first-order valence-electron chi connectivity index (χ1n) is 12.0. The average molecular weight is 544 g/mol. The molecule has 3 aromatic rings. The first-order chi connectivity index (χ1) is 17.7. The van der Waals surface area contributed by atoms with Crippen molar-refractivity contribution in [3.05, 3.63) is 58.4 Å². The van der Waals surface area contributed by atoms with Crippen LogP contribution in [0.2, 0.25) is 5.02 Å². The van der Waals surface area contributed by atoms with Gasteiger partial charge in [-0.25, -0.2) is 4.98 Å². The molecule has 1 aromatic carbocycles. The highest BCUT2D eigenvalue weighted by Crippen LogP contribution is 2.46. The maximum Gasteiger partial charge on any atom is 0.319 e. The third-order valence-corrected chi connectivity index (χ3v) is 7.46. The van der Waals surface area contributed by atoms with Crippen LogP contribution < -0.4 is 14.8 Å². The molecular weight excluding hydrogens is 517 g/mol. The van der Waals surface area contributed by atoms with Gasteiger partial charge in [0.05, 0.1) is 48.8 Å². The molecule has 11 heteroatoms. The van der Waals surface area contributed by atoms with Crippen LogP contribution in [0.3, 0.4) is 0 Å². The number of carbonyl (C=O) groups excluding carboxylic acids is 2. The van der Waals surface area contributed by atoms with Crippen LogP contribution in [-0.2, 0) is 4.79 Å². The molecule has 37 heavy (non-hydrogen) atoms. The first-order valence-corrected chi connectivity index (χ1v) is 12.8. The number of carbonyl (C=O) groups is 2. The first kappa shape index (κ1) is 25.4. The second-order valence-corrected chi connectivity index (χ2v) is 10.3. The summed E-state index contributed by atoms with van der Waals surface area (Å²) in [5, 5.41) is 2.74. The van der Waals surface area contributed by atoms with Gasteiger partial charge >= 0.3 is 6.01 Å². The molecule has 0 radical (unpaired) electrons. The molecule has 0 aliphatic carbocycles. The average Bonchev–Trinajstić information content (AvgIpc) is 3.41. The number of nitrogens with zero attached hydrogens (tertiary/aromatic N) is 4. The molecule has 1 saturated heterocycles. The van der Waals surface area contributed by atoms with Gasteiger partial charge in [0.25, 0.3) is 5.91 Å². The van der Waals surface area contributed by atoms with Crippen LogP contribution in [0.25, 0.3) is 11.3 Å². The maximum absolute atomic E-state index is 14.1. The predicted molar refractivity (Wildman–Crippen MR) is 139 cm³/mol. The number of hydrogen-bond donors (Lipinski definition) is 1. The number of piperidine rings is 1. The summed E-state index contributed by atoms with van der Waals surface area (Å²) in [5.74, 6) is -0.00282. The topological polar surface area (TPSA) is 98.6 Å². The van der Waals surface area contributed by atoms with Gasteiger partial charge < -0.3 is 24.3 Å². The highest BCUT2D eigenvalue weighted by Gasteiger charge is 2.47. The molecule has 4 heterocycles. The third-order valence-electron chi connectivity index (χ3n) is 6.83. The Bertz CT molecular complexity index is 1360. The van der Waals surface area contributed by atoms with Crippen molar-refractivity contribution >= 4 is 35.0 Å². The minimum Gasteiger partial charge on any atom is -0.480 e. The van der Waals surface area contributed by atoms with E-state index in [-0.39, 0.29) is 29.9 Å². The standard InChI is InChI=1S/C26H27Cl2N5O4/c1-13(2)32-20(18-12-30-26(37-4)31-24(18)36-3)10-17-22(32)21(14-5-7-15(27)8-6-14)33(25(17)35)16-9-19(28)23(34)29-11-16/h5-8,10,12-13,16,19,21H,9,11H2,1-4H3,(H,29,34). The van der Waals surface area contributed by atoms with Gasteiger partial charge in [0.15, 0.2) is 0 Å². The Balaban J connectivity index is 1.70. The summed E-state index contributed by atoms with van der Waals surface area (Å²) in [6, 6.07) is 8.84. The van der Waals surface area contributed by atoms with Gasteiger partial charge in [0, 0.05) is 23.8 Å². The molecule has 3 unspecified atom stereocenters. The normalized spacial score (nSPS) is 21.3.